The van der Waals surface area contributed by atoms with Gasteiger partial charge in [0, 0.05) is 24.5 Å². The van der Waals surface area contributed by atoms with Gasteiger partial charge in [-0.3, -0.25) is 4.79 Å². The van der Waals surface area contributed by atoms with Gasteiger partial charge in [-0.2, -0.15) is 0 Å². The molecule has 0 saturated heterocycles. The summed E-state index contributed by atoms with van der Waals surface area (Å²) in [6, 6.07) is 0.155. The van der Waals surface area contributed by atoms with Crippen molar-refractivity contribution in [3.8, 4) is 0 Å². The highest BCUT2D eigenvalue weighted by Crippen LogP contribution is 2.18. The van der Waals surface area contributed by atoms with E-state index in [1.165, 1.54) is 0 Å². The summed E-state index contributed by atoms with van der Waals surface area (Å²) in [6.07, 6.45) is 2.52. The molecule has 5 heteroatoms. The molecule has 92 valence electrons. The number of carbonyl (C=O) groups is 2. The van der Waals surface area contributed by atoms with E-state index in [9.17, 15) is 9.59 Å². The molecule has 0 unspecified atom stereocenters. The van der Waals surface area contributed by atoms with Crippen LogP contribution >= 0.6 is 0 Å². The summed E-state index contributed by atoms with van der Waals surface area (Å²) in [5.74, 6) is 0.0126. The lowest BCUT2D eigenvalue weighted by Gasteiger charge is -2.20. The maximum Gasteiger partial charge on any atom is 0.315 e. The van der Waals surface area contributed by atoms with E-state index in [1.54, 1.807) is 0 Å². The molecule has 16 heavy (non-hydrogen) atoms. The molecule has 3 amide bonds. The van der Waals surface area contributed by atoms with Crippen LogP contribution in [0, 0.1) is 0 Å². The third-order valence-corrected chi connectivity index (χ3v) is 2.07. The number of nitrogens with one attached hydrogen (secondary N) is 3. The molecule has 0 aromatic heterocycles. The van der Waals surface area contributed by atoms with Gasteiger partial charge < -0.3 is 16.0 Å². The number of hydrogen-bond donors (Lipinski definition) is 3. The Labute approximate surface area is 96.4 Å². The van der Waals surface area contributed by atoms with Gasteiger partial charge in [0.1, 0.15) is 0 Å². The minimum Gasteiger partial charge on any atom is -0.353 e. The van der Waals surface area contributed by atoms with Crippen molar-refractivity contribution in [2.75, 3.05) is 6.54 Å². The first-order valence-corrected chi connectivity index (χ1v) is 5.72. The Bertz CT molecular complexity index is 267. The van der Waals surface area contributed by atoms with Crippen LogP contribution in [0.5, 0.6) is 0 Å². The first kappa shape index (κ1) is 12.8. The highest BCUT2D eigenvalue weighted by molar-refractivity contribution is 5.78. The minimum absolute atomic E-state index is 0.0126. The fourth-order valence-corrected chi connectivity index (χ4v) is 1.20. The Morgan fingerprint density at radius 1 is 1.25 bits per heavy atom. The van der Waals surface area contributed by atoms with Crippen molar-refractivity contribution in [1.29, 1.82) is 0 Å². The topological polar surface area (TPSA) is 70.2 Å². The van der Waals surface area contributed by atoms with Crippen LogP contribution in [0.2, 0.25) is 0 Å². The first-order valence-electron chi connectivity index (χ1n) is 5.72. The number of carbonyl (C=O) groups excluding carboxylic acids is 2. The lowest BCUT2D eigenvalue weighted by molar-refractivity contribution is -0.121. The molecule has 0 spiro atoms. The van der Waals surface area contributed by atoms with Gasteiger partial charge in [0.2, 0.25) is 5.91 Å². The quantitative estimate of drug-likeness (QED) is 0.663. The summed E-state index contributed by atoms with van der Waals surface area (Å²) in [6.45, 7) is 6.10. The molecule has 0 aromatic rings. The van der Waals surface area contributed by atoms with Crippen LogP contribution in [0.15, 0.2) is 0 Å². The molecule has 1 aliphatic rings. The van der Waals surface area contributed by atoms with Crippen molar-refractivity contribution in [2.24, 2.45) is 0 Å². The maximum atomic E-state index is 11.3. The van der Waals surface area contributed by atoms with Crippen LogP contribution in [-0.4, -0.2) is 30.1 Å². The number of amides is 3. The molecule has 0 aromatic carbocycles. The molecule has 0 bridgehead atoms. The first-order chi connectivity index (χ1) is 7.37. The molecule has 1 fully saturated rings. The van der Waals surface area contributed by atoms with Crippen molar-refractivity contribution in [3.63, 3.8) is 0 Å². The molecule has 0 radical (unpaired) electrons. The summed E-state index contributed by atoms with van der Waals surface area (Å²) in [7, 11) is 0. The van der Waals surface area contributed by atoms with Gasteiger partial charge in [-0.1, -0.05) is 0 Å². The Morgan fingerprint density at radius 3 is 2.38 bits per heavy atom. The number of rotatable bonds is 4. The molecular weight excluding hydrogens is 206 g/mol. The Morgan fingerprint density at radius 2 is 1.88 bits per heavy atom. The summed E-state index contributed by atoms with van der Waals surface area (Å²) >= 11 is 0. The molecule has 0 aliphatic heterocycles. The Kier molecular flexibility index (Phi) is 4.15. The molecular formula is C11H21N3O2. The molecule has 5 nitrogen and oxygen atoms in total. The average molecular weight is 227 g/mol. The second-order valence-electron chi connectivity index (χ2n) is 5.22. The fraction of sp³-hybridized carbons (Fsp3) is 0.818. The van der Waals surface area contributed by atoms with E-state index >= 15 is 0 Å². The standard InChI is InChI=1S/C11H21N3O2/c1-11(2,3)14-10(16)12-7-6-9(15)13-8-4-5-8/h8H,4-7H2,1-3H3,(H,13,15)(H2,12,14,16). The second-order valence-corrected chi connectivity index (χ2v) is 5.22. The van der Waals surface area contributed by atoms with E-state index in [0.717, 1.165) is 12.8 Å². The monoisotopic (exact) mass is 227 g/mol. The van der Waals surface area contributed by atoms with Gasteiger partial charge in [0.05, 0.1) is 0 Å². The van der Waals surface area contributed by atoms with E-state index in [1.807, 2.05) is 20.8 Å². The van der Waals surface area contributed by atoms with Gasteiger partial charge in [-0.25, -0.2) is 4.79 Å². The Balaban J connectivity index is 2.05. The lowest BCUT2D eigenvalue weighted by atomic mass is 10.1. The molecule has 1 rings (SSSR count). The summed E-state index contributed by atoms with van der Waals surface area (Å²) in [5, 5.41) is 8.28. The summed E-state index contributed by atoms with van der Waals surface area (Å²) in [4.78, 5) is 22.6. The van der Waals surface area contributed by atoms with Crippen molar-refractivity contribution in [3.05, 3.63) is 0 Å². The van der Waals surface area contributed by atoms with Gasteiger partial charge in [-0.15, -0.1) is 0 Å². The highest BCUT2D eigenvalue weighted by atomic mass is 16.2. The predicted octanol–water partition coefficient (Wildman–Crippen LogP) is 0.753. The van der Waals surface area contributed by atoms with Gasteiger partial charge in [0.15, 0.2) is 0 Å². The summed E-state index contributed by atoms with van der Waals surface area (Å²) in [5.41, 5.74) is -0.250. The van der Waals surface area contributed by atoms with Crippen LogP contribution in [0.3, 0.4) is 0 Å². The molecule has 0 heterocycles. The lowest BCUT2D eigenvalue weighted by Crippen LogP contribution is -2.47. The molecule has 3 N–H and O–H groups in total. The van der Waals surface area contributed by atoms with Gasteiger partial charge in [-0.05, 0) is 33.6 Å². The van der Waals surface area contributed by atoms with E-state index < -0.39 is 0 Å². The summed E-state index contributed by atoms with van der Waals surface area (Å²) < 4.78 is 0. The van der Waals surface area contributed by atoms with Crippen molar-refractivity contribution in [2.45, 2.75) is 51.6 Å². The van der Waals surface area contributed by atoms with E-state index in [0.29, 0.717) is 19.0 Å². The van der Waals surface area contributed by atoms with E-state index in [2.05, 4.69) is 16.0 Å². The van der Waals surface area contributed by atoms with Gasteiger partial charge in [0.25, 0.3) is 0 Å². The fourth-order valence-electron chi connectivity index (χ4n) is 1.20. The number of urea groups is 1. The molecule has 1 aliphatic carbocycles. The zero-order valence-corrected chi connectivity index (χ0v) is 10.2. The van der Waals surface area contributed by atoms with Gasteiger partial charge >= 0.3 is 6.03 Å². The van der Waals surface area contributed by atoms with Crippen LogP contribution in [0.25, 0.3) is 0 Å². The third kappa shape index (κ3) is 6.27. The zero-order chi connectivity index (χ0) is 12.2. The van der Waals surface area contributed by atoms with E-state index in [4.69, 9.17) is 0 Å². The van der Waals surface area contributed by atoms with Crippen LogP contribution in [0.1, 0.15) is 40.0 Å². The highest BCUT2D eigenvalue weighted by Gasteiger charge is 2.22. The van der Waals surface area contributed by atoms with Crippen LogP contribution in [0.4, 0.5) is 4.79 Å². The molecule has 1 saturated carbocycles. The Hall–Kier alpha value is -1.26. The van der Waals surface area contributed by atoms with Crippen molar-refractivity contribution in [1.82, 2.24) is 16.0 Å². The van der Waals surface area contributed by atoms with Crippen LogP contribution < -0.4 is 16.0 Å². The van der Waals surface area contributed by atoms with Crippen molar-refractivity contribution < 1.29 is 9.59 Å². The smallest absolute Gasteiger partial charge is 0.315 e. The van der Waals surface area contributed by atoms with E-state index in [-0.39, 0.29) is 17.5 Å². The predicted molar refractivity (Wildman–Crippen MR) is 62.1 cm³/mol. The largest absolute Gasteiger partial charge is 0.353 e. The molecule has 0 atom stereocenters. The second kappa shape index (κ2) is 5.18. The zero-order valence-electron chi connectivity index (χ0n) is 10.2. The SMILES string of the molecule is CC(C)(C)NC(=O)NCCC(=O)NC1CC1. The average Bonchev–Trinajstić information content (AvgIpc) is 2.84. The van der Waals surface area contributed by atoms with Crippen LogP contribution in [-0.2, 0) is 4.79 Å². The van der Waals surface area contributed by atoms with Crippen molar-refractivity contribution >= 4 is 11.9 Å². The third-order valence-electron chi connectivity index (χ3n) is 2.07. The normalized spacial score (nSPS) is 15.4. The maximum absolute atomic E-state index is 11.3. The minimum atomic E-state index is -0.250. The number of hydrogen-bond acceptors (Lipinski definition) is 2.